The van der Waals surface area contributed by atoms with Crippen LogP contribution in [-0.4, -0.2) is 13.0 Å². The van der Waals surface area contributed by atoms with Crippen LogP contribution in [0.1, 0.15) is 16.7 Å². The number of nitrogens with zero attached hydrogens (tertiary/aromatic N) is 1. The number of para-hydroxylation sites is 1. The number of halogens is 1. The molecular formula is C25H21ClN2O3. The number of methoxy groups -OCH3 is 1. The number of hydrogen-bond acceptors (Lipinski definition) is 4. The second-order valence-electron chi connectivity index (χ2n) is 6.62. The lowest BCUT2D eigenvalue weighted by Crippen LogP contribution is -2.23. The third-order valence-corrected chi connectivity index (χ3v) is 4.91. The first-order valence-corrected chi connectivity index (χ1v) is 9.96. The Hall–Kier alpha value is -3.75. The molecule has 3 rings (SSSR count). The zero-order valence-corrected chi connectivity index (χ0v) is 17.7. The minimum absolute atomic E-state index is 0.0118. The molecular weight excluding hydrogens is 412 g/mol. The predicted octanol–water partition coefficient (Wildman–Crippen LogP) is 5.15. The van der Waals surface area contributed by atoms with E-state index in [0.29, 0.717) is 22.9 Å². The van der Waals surface area contributed by atoms with Crippen LogP contribution in [0.2, 0.25) is 5.02 Å². The Balaban J connectivity index is 1.70. The van der Waals surface area contributed by atoms with Gasteiger partial charge in [-0.15, -0.1) is 0 Å². The number of nitrogens with one attached hydrogen (secondary N) is 1. The van der Waals surface area contributed by atoms with E-state index in [4.69, 9.17) is 21.1 Å². The number of ether oxygens (including phenoxy) is 2. The Morgan fingerprint density at radius 1 is 1.06 bits per heavy atom. The van der Waals surface area contributed by atoms with Gasteiger partial charge >= 0.3 is 0 Å². The first-order chi connectivity index (χ1) is 15.1. The highest BCUT2D eigenvalue weighted by molar-refractivity contribution is 6.31. The van der Waals surface area contributed by atoms with Gasteiger partial charge in [0.25, 0.3) is 5.91 Å². The molecule has 0 unspecified atom stereocenters. The van der Waals surface area contributed by atoms with Crippen molar-refractivity contribution in [3.8, 4) is 17.6 Å². The third-order valence-electron chi connectivity index (χ3n) is 4.54. The van der Waals surface area contributed by atoms with Crippen molar-refractivity contribution in [1.82, 2.24) is 5.32 Å². The molecule has 1 amide bonds. The molecule has 0 saturated carbocycles. The van der Waals surface area contributed by atoms with Crippen molar-refractivity contribution < 1.29 is 14.3 Å². The average molecular weight is 433 g/mol. The topological polar surface area (TPSA) is 71.3 Å². The maximum Gasteiger partial charge on any atom is 0.262 e. The average Bonchev–Trinajstić information content (AvgIpc) is 2.81. The Bertz CT molecular complexity index is 1120. The lowest BCUT2D eigenvalue weighted by molar-refractivity contribution is -0.117. The molecule has 0 bridgehead atoms. The molecule has 156 valence electrons. The summed E-state index contributed by atoms with van der Waals surface area (Å²) in [5.74, 6) is 0.832. The van der Waals surface area contributed by atoms with E-state index in [1.807, 2.05) is 60.7 Å². The molecule has 0 heterocycles. The quantitative estimate of drug-likeness (QED) is 0.394. The minimum atomic E-state index is -0.459. The largest absolute Gasteiger partial charge is 0.497 e. The highest BCUT2D eigenvalue weighted by Gasteiger charge is 2.11. The van der Waals surface area contributed by atoms with E-state index >= 15 is 0 Å². The van der Waals surface area contributed by atoms with Gasteiger partial charge in [-0.3, -0.25) is 4.79 Å². The van der Waals surface area contributed by atoms with Crippen molar-refractivity contribution in [3.05, 3.63) is 100 Å². The van der Waals surface area contributed by atoms with Gasteiger partial charge in [-0.05, 0) is 35.9 Å². The second-order valence-corrected chi connectivity index (χ2v) is 7.03. The van der Waals surface area contributed by atoms with Crippen LogP contribution in [0.15, 0.2) is 78.4 Å². The maximum absolute atomic E-state index is 12.5. The van der Waals surface area contributed by atoms with Crippen molar-refractivity contribution in [2.45, 2.75) is 13.2 Å². The molecule has 1 N–H and O–H groups in total. The fraction of sp³-hybridized carbons (Fsp3) is 0.120. The van der Waals surface area contributed by atoms with E-state index in [0.717, 1.165) is 16.9 Å². The van der Waals surface area contributed by atoms with E-state index < -0.39 is 5.91 Å². The van der Waals surface area contributed by atoms with Crippen LogP contribution in [0, 0.1) is 11.3 Å². The number of carbonyl (C=O) groups excluding carboxylic acids is 1. The SMILES string of the molecule is COc1ccc(CNC(=O)/C(C#N)=C/c2ccccc2OCc2ccccc2Cl)cc1. The van der Waals surface area contributed by atoms with Gasteiger partial charge in [-0.1, -0.05) is 60.1 Å². The van der Waals surface area contributed by atoms with Gasteiger partial charge in [0, 0.05) is 22.7 Å². The van der Waals surface area contributed by atoms with Gasteiger partial charge in [0.15, 0.2) is 0 Å². The molecule has 0 aliphatic heterocycles. The fourth-order valence-corrected chi connectivity index (χ4v) is 3.02. The molecule has 0 atom stereocenters. The lowest BCUT2D eigenvalue weighted by atomic mass is 10.1. The van der Waals surface area contributed by atoms with E-state index in [9.17, 15) is 10.1 Å². The van der Waals surface area contributed by atoms with Crippen LogP contribution in [0.3, 0.4) is 0 Å². The molecule has 0 radical (unpaired) electrons. The standard InChI is InChI=1S/C25H21ClN2O3/c1-30-22-12-10-18(11-13-22)16-28-25(29)21(15-27)14-19-6-3-5-9-24(19)31-17-20-7-2-4-8-23(20)26/h2-14H,16-17H2,1H3,(H,28,29)/b21-14+. The summed E-state index contributed by atoms with van der Waals surface area (Å²) in [6, 6.07) is 23.9. The molecule has 0 fully saturated rings. The summed E-state index contributed by atoms with van der Waals surface area (Å²) in [7, 11) is 1.59. The summed E-state index contributed by atoms with van der Waals surface area (Å²) in [6.07, 6.45) is 1.52. The number of rotatable bonds is 8. The molecule has 3 aromatic rings. The van der Waals surface area contributed by atoms with Gasteiger partial charge in [-0.2, -0.15) is 5.26 Å². The zero-order valence-electron chi connectivity index (χ0n) is 17.0. The first-order valence-electron chi connectivity index (χ1n) is 9.59. The Labute approximate surface area is 186 Å². The highest BCUT2D eigenvalue weighted by atomic mass is 35.5. The van der Waals surface area contributed by atoms with Crippen molar-refractivity contribution in [1.29, 1.82) is 5.26 Å². The number of nitriles is 1. The van der Waals surface area contributed by atoms with Gasteiger partial charge in [0.2, 0.25) is 0 Å². The molecule has 0 saturated heterocycles. The molecule has 5 nitrogen and oxygen atoms in total. The van der Waals surface area contributed by atoms with E-state index in [1.54, 1.807) is 25.3 Å². The Morgan fingerprint density at radius 3 is 2.48 bits per heavy atom. The molecule has 3 aromatic carbocycles. The van der Waals surface area contributed by atoms with Gasteiger partial charge in [-0.25, -0.2) is 0 Å². The Kier molecular flexibility index (Phi) is 7.69. The van der Waals surface area contributed by atoms with Gasteiger partial charge in [0.1, 0.15) is 29.7 Å². The van der Waals surface area contributed by atoms with Crippen LogP contribution in [0.4, 0.5) is 0 Å². The molecule has 0 aromatic heterocycles. The molecule has 0 spiro atoms. The van der Waals surface area contributed by atoms with E-state index in [2.05, 4.69) is 5.32 Å². The summed E-state index contributed by atoms with van der Waals surface area (Å²) in [4.78, 5) is 12.5. The number of carbonyl (C=O) groups is 1. The van der Waals surface area contributed by atoms with Crippen LogP contribution in [-0.2, 0) is 17.9 Å². The molecule has 6 heteroatoms. The summed E-state index contributed by atoms with van der Waals surface area (Å²) >= 11 is 6.19. The van der Waals surface area contributed by atoms with Crippen LogP contribution in [0.5, 0.6) is 11.5 Å². The molecule has 31 heavy (non-hydrogen) atoms. The minimum Gasteiger partial charge on any atom is -0.497 e. The molecule has 0 aliphatic rings. The normalized spacial score (nSPS) is 10.8. The lowest BCUT2D eigenvalue weighted by Gasteiger charge is -2.11. The number of benzene rings is 3. The van der Waals surface area contributed by atoms with Gasteiger partial charge < -0.3 is 14.8 Å². The van der Waals surface area contributed by atoms with E-state index in [1.165, 1.54) is 6.08 Å². The summed E-state index contributed by atoms with van der Waals surface area (Å²) in [5.41, 5.74) is 2.36. The van der Waals surface area contributed by atoms with Crippen LogP contribution < -0.4 is 14.8 Å². The summed E-state index contributed by atoms with van der Waals surface area (Å²) in [6.45, 7) is 0.572. The maximum atomic E-state index is 12.5. The van der Waals surface area contributed by atoms with Gasteiger partial charge in [0.05, 0.1) is 7.11 Å². The highest BCUT2D eigenvalue weighted by Crippen LogP contribution is 2.24. The first kappa shape index (κ1) is 21.9. The zero-order chi connectivity index (χ0) is 22.1. The summed E-state index contributed by atoms with van der Waals surface area (Å²) < 4.78 is 11.0. The van der Waals surface area contributed by atoms with Crippen LogP contribution >= 0.6 is 11.6 Å². The van der Waals surface area contributed by atoms with Crippen LogP contribution in [0.25, 0.3) is 6.08 Å². The molecule has 0 aliphatic carbocycles. The monoisotopic (exact) mass is 432 g/mol. The fourth-order valence-electron chi connectivity index (χ4n) is 2.83. The van der Waals surface area contributed by atoms with E-state index in [-0.39, 0.29) is 12.2 Å². The second kappa shape index (κ2) is 10.9. The predicted molar refractivity (Wildman–Crippen MR) is 121 cm³/mol. The van der Waals surface area contributed by atoms with Crippen molar-refractivity contribution >= 4 is 23.6 Å². The number of amides is 1. The Morgan fingerprint density at radius 2 is 1.77 bits per heavy atom. The van der Waals surface area contributed by atoms with Crippen molar-refractivity contribution in [2.24, 2.45) is 0 Å². The van der Waals surface area contributed by atoms with Crippen molar-refractivity contribution in [2.75, 3.05) is 7.11 Å². The smallest absolute Gasteiger partial charge is 0.262 e. The summed E-state index contributed by atoms with van der Waals surface area (Å²) in [5, 5.41) is 12.9. The van der Waals surface area contributed by atoms with Crippen molar-refractivity contribution in [3.63, 3.8) is 0 Å². The third kappa shape index (κ3) is 6.11. The number of hydrogen-bond donors (Lipinski definition) is 1.